The van der Waals surface area contributed by atoms with Gasteiger partial charge in [-0.25, -0.2) is 0 Å². The van der Waals surface area contributed by atoms with Crippen molar-refractivity contribution in [3.05, 3.63) is 191 Å². The molecule has 6 aromatic carbocycles. The van der Waals surface area contributed by atoms with Crippen molar-refractivity contribution in [2.24, 2.45) is 0 Å². The summed E-state index contributed by atoms with van der Waals surface area (Å²) in [6, 6.07) is 47.3. The van der Waals surface area contributed by atoms with Crippen LogP contribution in [0.25, 0.3) is 12.2 Å². The number of nitrogens with one attached hydrogen (secondary N) is 2. The summed E-state index contributed by atoms with van der Waals surface area (Å²) in [6.45, 7) is 16.2. The van der Waals surface area contributed by atoms with Crippen LogP contribution in [-0.4, -0.2) is 44.0 Å². The SMILES string of the molecule is CC(C)(C)c1ccc(/C=C/C(=O)Nc2ccc3c(c2)OCCN3C(=O)c2ccccc2)cc1.CC(C)(C)c1ccc(/C=C/C(=O)Nc2ccc3c(c2)OCCN3Cc2ccccc2)cc1. The third kappa shape index (κ3) is 12.4. The van der Waals surface area contributed by atoms with Gasteiger partial charge in [0.1, 0.15) is 24.7 Å². The number of fused-ring (bicyclic) bond motifs is 2. The van der Waals surface area contributed by atoms with E-state index in [0.29, 0.717) is 42.4 Å². The highest BCUT2D eigenvalue weighted by molar-refractivity contribution is 6.08. The Bertz CT molecular complexity index is 2640. The molecular formula is C56H58N4O5. The maximum atomic E-state index is 12.9. The van der Waals surface area contributed by atoms with Crippen molar-refractivity contribution >= 4 is 52.6 Å². The summed E-state index contributed by atoms with van der Waals surface area (Å²) < 4.78 is 11.6. The lowest BCUT2D eigenvalue weighted by Crippen LogP contribution is -2.37. The minimum atomic E-state index is -0.233. The third-order valence-electron chi connectivity index (χ3n) is 11.2. The van der Waals surface area contributed by atoms with Crippen LogP contribution in [0.2, 0.25) is 0 Å². The molecule has 0 aromatic heterocycles. The Balaban J connectivity index is 0.000000194. The molecule has 0 fully saturated rings. The van der Waals surface area contributed by atoms with Crippen molar-refractivity contribution in [2.75, 3.05) is 46.7 Å². The van der Waals surface area contributed by atoms with Gasteiger partial charge in [-0.1, -0.05) is 139 Å². The zero-order valence-electron chi connectivity index (χ0n) is 38.1. The van der Waals surface area contributed by atoms with Crippen LogP contribution in [0.4, 0.5) is 22.7 Å². The van der Waals surface area contributed by atoms with Gasteiger partial charge in [0, 0.05) is 47.8 Å². The number of hydrogen-bond acceptors (Lipinski definition) is 6. The average Bonchev–Trinajstić information content (AvgIpc) is 3.30. The molecule has 9 heteroatoms. The van der Waals surface area contributed by atoms with Gasteiger partial charge in [0.15, 0.2) is 0 Å². The molecule has 6 aromatic rings. The molecule has 0 bridgehead atoms. The number of amides is 3. The predicted molar refractivity (Wildman–Crippen MR) is 265 cm³/mol. The van der Waals surface area contributed by atoms with Gasteiger partial charge in [0.05, 0.1) is 24.5 Å². The predicted octanol–water partition coefficient (Wildman–Crippen LogP) is 11.7. The van der Waals surface area contributed by atoms with Crippen molar-refractivity contribution in [3.63, 3.8) is 0 Å². The van der Waals surface area contributed by atoms with Gasteiger partial charge in [-0.05, 0) is 87.2 Å². The van der Waals surface area contributed by atoms with E-state index in [1.54, 1.807) is 47.4 Å². The fraction of sp³-hybridized carbons (Fsp3) is 0.232. The van der Waals surface area contributed by atoms with Crippen LogP contribution in [0.3, 0.4) is 0 Å². The molecule has 0 saturated heterocycles. The van der Waals surface area contributed by atoms with Gasteiger partial charge in [0.25, 0.3) is 5.91 Å². The molecule has 0 radical (unpaired) electrons. The van der Waals surface area contributed by atoms with Crippen molar-refractivity contribution in [1.29, 1.82) is 0 Å². The summed E-state index contributed by atoms with van der Waals surface area (Å²) in [5.41, 5.74) is 9.66. The topological polar surface area (TPSA) is 100 Å². The molecule has 0 aliphatic carbocycles. The van der Waals surface area contributed by atoms with E-state index in [1.807, 2.05) is 72.8 Å². The summed E-state index contributed by atoms with van der Waals surface area (Å²) in [6.07, 6.45) is 6.70. The van der Waals surface area contributed by atoms with Crippen molar-refractivity contribution < 1.29 is 23.9 Å². The number of hydrogen-bond donors (Lipinski definition) is 2. The highest BCUT2D eigenvalue weighted by atomic mass is 16.5. The number of ether oxygens (including phenoxy) is 2. The lowest BCUT2D eigenvalue weighted by Gasteiger charge is -2.31. The molecular weight excluding hydrogens is 809 g/mol. The lowest BCUT2D eigenvalue weighted by atomic mass is 9.87. The first-order valence-electron chi connectivity index (χ1n) is 22.1. The Labute approximate surface area is 383 Å². The second-order valence-electron chi connectivity index (χ2n) is 18.2. The van der Waals surface area contributed by atoms with Crippen molar-refractivity contribution in [2.45, 2.75) is 58.9 Å². The normalized spacial score (nSPS) is 13.4. The number of benzene rings is 6. The highest BCUT2D eigenvalue weighted by Crippen LogP contribution is 2.36. The molecule has 2 heterocycles. The molecule has 9 nitrogen and oxygen atoms in total. The van der Waals surface area contributed by atoms with E-state index < -0.39 is 0 Å². The van der Waals surface area contributed by atoms with Crippen molar-refractivity contribution in [3.8, 4) is 11.5 Å². The number of carbonyl (C=O) groups excluding carboxylic acids is 3. The van der Waals surface area contributed by atoms with Gasteiger partial charge < -0.3 is 29.9 Å². The quantitative estimate of drug-likeness (QED) is 0.140. The van der Waals surface area contributed by atoms with Gasteiger partial charge >= 0.3 is 0 Å². The summed E-state index contributed by atoms with van der Waals surface area (Å²) in [4.78, 5) is 41.8. The molecule has 332 valence electrons. The molecule has 0 saturated carbocycles. The Hall–Kier alpha value is -7.39. The van der Waals surface area contributed by atoms with Gasteiger partial charge in [0.2, 0.25) is 11.8 Å². The van der Waals surface area contributed by atoms with E-state index in [4.69, 9.17) is 9.47 Å². The van der Waals surface area contributed by atoms with E-state index in [-0.39, 0.29) is 28.6 Å². The van der Waals surface area contributed by atoms with Crippen LogP contribution >= 0.6 is 0 Å². The summed E-state index contributed by atoms with van der Waals surface area (Å²) in [5, 5.41) is 5.80. The average molecular weight is 867 g/mol. The molecule has 2 aliphatic rings. The minimum absolute atomic E-state index is 0.0719. The first kappa shape index (κ1) is 45.6. The van der Waals surface area contributed by atoms with Gasteiger partial charge in [-0.2, -0.15) is 0 Å². The zero-order valence-corrected chi connectivity index (χ0v) is 38.1. The second kappa shape index (κ2) is 20.4. The molecule has 65 heavy (non-hydrogen) atoms. The van der Waals surface area contributed by atoms with E-state index >= 15 is 0 Å². The maximum Gasteiger partial charge on any atom is 0.258 e. The molecule has 2 aliphatic heterocycles. The Morgan fingerprint density at radius 1 is 0.554 bits per heavy atom. The fourth-order valence-corrected chi connectivity index (χ4v) is 7.47. The number of anilines is 4. The van der Waals surface area contributed by atoms with Crippen molar-refractivity contribution in [1.82, 2.24) is 0 Å². The second-order valence-corrected chi connectivity index (χ2v) is 18.2. The van der Waals surface area contributed by atoms with Crippen LogP contribution in [0, 0.1) is 0 Å². The van der Waals surface area contributed by atoms with E-state index in [1.165, 1.54) is 22.8 Å². The van der Waals surface area contributed by atoms with E-state index in [9.17, 15) is 14.4 Å². The number of rotatable bonds is 9. The van der Waals surface area contributed by atoms with Gasteiger partial charge in [-0.3, -0.25) is 14.4 Å². The molecule has 2 N–H and O–H groups in total. The molecule has 3 amide bonds. The van der Waals surface area contributed by atoms with E-state index in [0.717, 1.165) is 41.3 Å². The monoisotopic (exact) mass is 866 g/mol. The van der Waals surface area contributed by atoms with Crippen LogP contribution < -0.4 is 29.9 Å². The Kier molecular flexibility index (Phi) is 14.3. The maximum absolute atomic E-state index is 12.9. The van der Waals surface area contributed by atoms with Crippen LogP contribution in [0.1, 0.15) is 79.7 Å². The first-order chi connectivity index (χ1) is 31.2. The molecule has 8 rings (SSSR count). The highest BCUT2D eigenvalue weighted by Gasteiger charge is 2.25. The molecule has 0 spiro atoms. The first-order valence-corrected chi connectivity index (χ1v) is 22.1. The molecule has 0 unspecified atom stereocenters. The van der Waals surface area contributed by atoms with Crippen LogP contribution in [0.5, 0.6) is 11.5 Å². The fourth-order valence-electron chi connectivity index (χ4n) is 7.47. The lowest BCUT2D eigenvalue weighted by molar-refractivity contribution is -0.112. The minimum Gasteiger partial charge on any atom is -0.489 e. The number of carbonyl (C=O) groups is 3. The third-order valence-corrected chi connectivity index (χ3v) is 11.2. The number of nitrogens with zero attached hydrogens (tertiary/aromatic N) is 2. The Morgan fingerprint density at radius 3 is 1.52 bits per heavy atom. The largest absolute Gasteiger partial charge is 0.489 e. The van der Waals surface area contributed by atoms with E-state index in [2.05, 4.69) is 106 Å². The van der Waals surface area contributed by atoms with Gasteiger partial charge in [-0.15, -0.1) is 0 Å². The van der Waals surface area contributed by atoms with Crippen LogP contribution in [0.15, 0.2) is 158 Å². The summed E-state index contributed by atoms with van der Waals surface area (Å²) in [7, 11) is 0. The smallest absolute Gasteiger partial charge is 0.258 e. The Morgan fingerprint density at radius 2 is 1.02 bits per heavy atom. The summed E-state index contributed by atoms with van der Waals surface area (Å²) in [5.74, 6) is 0.902. The van der Waals surface area contributed by atoms with Crippen LogP contribution in [-0.2, 0) is 27.0 Å². The standard InChI is InChI=1S/C28H28N2O3.C28H30N2O2/c1-28(2,3)22-12-9-20(10-13-22)11-16-26(31)29-23-14-15-24-25(19-23)33-18-17-30(24)27(32)21-7-5-4-6-8-21;1-28(2,3)23-12-9-21(10-13-23)11-16-27(31)29-24-14-15-25-26(19-24)32-18-17-30(25)20-22-7-5-4-6-8-22/h4-16,19H,17-18H2,1-3H3,(H,29,31);4-16,19H,17-18,20H2,1-3H3,(H,29,31)/b2*16-11+. The zero-order chi connectivity index (χ0) is 46.0. The molecule has 0 atom stereocenters. The summed E-state index contributed by atoms with van der Waals surface area (Å²) >= 11 is 0.